The van der Waals surface area contributed by atoms with Crippen LogP contribution in [0.3, 0.4) is 0 Å². The van der Waals surface area contributed by atoms with Gasteiger partial charge >= 0.3 is 0 Å². The van der Waals surface area contributed by atoms with Gasteiger partial charge in [-0.05, 0) is 83.3 Å². The maximum atomic E-state index is 13.7. The smallest absolute Gasteiger partial charge is 0.241 e. The third kappa shape index (κ3) is 7.05. The average molecular weight is 615 g/mol. The maximum absolute atomic E-state index is 13.7. The Morgan fingerprint density at radius 3 is 2.59 bits per heavy atom. The molecule has 1 aliphatic rings. The van der Waals surface area contributed by atoms with Crippen molar-refractivity contribution in [3.8, 4) is 11.8 Å². The molecule has 0 bridgehead atoms. The SMILES string of the molecule is COc1ccc2ccc(S(=O)(=O)NC(C(=O)NCCc3cccc(F)c3)[C@@H]3CCN(Cc4cccc(C#N)c4)C3=O)cc2c1. The van der Waals surface area contributed by atoms with Gasteiger partial charge in [-0.15, -0.1) is 0 Å². The first-order valence-electron chi connectivity index (χ1n) is 14.1. The van der Waals surface area contributed by atoms with Crippen LogP contribution in [0.1, 0.15) is 23.1 Å². The van der Waals surface area contributed by atoms with Crippen LogP contribution in [0.15, 0.2) is 89.8 Å². The number of halogens is 1. The van der Waals surface area contributed by atoms with Gasteiger partial charge in [0.1, 0.15) is 17.6 Å². The molecule has 1 aliphatic heterocycles. The highest BCUT2D eigenvalue weighted by molar-refractivity contribution is 7.89. The van der Waals surface area contributed by atoms with Crippen molar-refractivity contribution in [2.45, 2.75) is 30.3 Å². The molecule has 0 aromatic heterocycles. The lowest BCUT2D eigenvalue weighted by atomic mass is 9.98. The number of sulfonamides is 1. The minimum atomic E-state index is -4.25. The Kier molecular flexibility index (Phi) is 9.23. The number of nitriles is 1. The zero-order chi connectivity index (χ0) is 31.3. The van der Waals surface area contributed by atoms with E-state index in [4.69, 9.17) is 4.74 Å². The number of benzene rings is 4. The third-order valence-corrected chi connectivity index (χ3v) is 9.11. The fraction of sp³-hybridized carbons (Fsp3) is 0.242. The number of hydrogen-bond acceptors (Lipinski definition) is 6. The van der Waals surface area contributed by atoms with Crippen molar-refractivity contribution in [3.63, 3.8) is 0 Å². The molecular formula is C33H31FN4O5S. The Hall–Kier alpha value is -4.79. The van der Waals surface area contributed by atoms with Gasteiger partial charge in [0.2, 0.25) is 21.8 Å². The second-order valence-electron chi connectivity index (χ2n) is 10.6. The first-order valence-corrected chi connectivity index (χ1v) is 15.6. The zero-order valence-electron chi connectivity index (χ0n) is 24.0. The molecule has 1 heterocycles. The lowest BCUT2D eigenvalue weighted by Crippen LogP contribution is -2.53. The molecule has 0 radical (unpaired) electrons. The van der Waals surface area contributed by atoms with Crippen LogP contribution in [0.25, 0.3) is 10.8 Å². The summed E-state index contributed by atoms with van der Waals surface area (Å²) in [6, 6.07) is 23.4. The Balaban J connectivity index is 1.38. The predicted octanol–water partition coefficient (Wildman–Crippen LogP) is 3.91. The lowest BCUT2D eigenvalue weighted by molar-refractivity contribution is -0.135. The van der Waals surface area contributed by atoms with E-state index in [1.807, 2.05) is 6.07 Å². The number of rotatable bonds is 11. The second-order valence-corrected chi connectivity index (χ2v) is 12.3. The summed E-state index contributed by atoms with van der Waals surface area (Å²) in [5.41, 5.74) is 1.88. The van der Waals surface area contributed by atoms with E-state index in [9.17, 15) is 27.7 Å². The van der Waals surface area contributed by atoms with Gasteiger partial charge < -0.3 is 15.0 Å². The van der Waals surface area contributed by atoms with Crippen molar-refractivity contribution < 1.29 is 27.1 Å². The van der Waals surface area contributed by atoms with E-state index in [-0.39, 0.29) is 30.3 Å². The third-order valence-electron chi connectivity index (χ3n) is 7.67. The standard InChI is InChI=1S/C33H31FN4O5S/c1-43-28-10-8-25-9-11-29(19-26(25)18-28)44(41,42)37-31(32(39)36-14-12-22-4-3-7-27(34)17-22)30-13-15-38(33(30)40)21-24-6-2-5-23(16-24)20-35/h2-11,16-19,30-31,37H,12-15,21H2,1H3,(H,36,39)/t30-,31?/m0/s1. The fourth-order valence-corrected chi connectivity index (χ4v) is 6.64. The molecule has 2 atom stereocenters. The van der Waals surface area contributed by atoms with Crippen LogP contribution >= 0.6 is 0 Å². The van der Waals surface area contributed by atoms with E-state index in [0.29, 0.717) is 35.2 Å². The number of carbonyl (C=O) groups excluding carboxylic acids is 2. The molecule has 5 rings (SSSR count). The molecule has 0 spiro atoms. The number of methoxy groups -OCH3 is 1. The number of nitrogens with zero attached hydrogens (tertiary/aromatic N) is 2. The molecule has 4 aromatic carbocycles. The molecule has 1 fully saturated rings. The van der Waals surface area contributed by atoms with E-state index in [1.165, 1.54) is 31.4 Å². The first-order chi connectivity index (χ1) is 21.2. The predicted molar refractivity (Wildman–Crippen MR) is 162 cm³/mol. The topological polar surface area (TPSA) is 129 Å². The summed E-state index contributed by atoms with van der Waals surface area (Å²) in [5.74, 6) is -1.82. The molecule has 9 nitrogen and oxygen atoms in total. The van der Waals surface area contributed by atoms with Gasteiger partial charge in [0.25, 0.3) is 0 Å². The van der Waals surface area contributed by atoms with Crippen LogP contribution in [-0.4, -0.2) is 51.4 Å². The van der Waals surface area contributed by atoms with Crippen molar-refractivity contribution in [2.24, 2.45) is 5.92 Å². The largest absolute Gasteiger partial charge is 0.497 e. The average Bonchev–Trinajstić information content (AvgIpc) is 3.38. The number of nitrogens with one attached hydrogen (secondary N) is 2. The Morgan fingerprint density at radius 1 is 1.05 bits per heavy atom. The van der Waals surface area contributed by atoms with Crippen LogP contribution in [0.2, 0.25) is 0 Å². The highest BCUT2D eigenvalue weighted by atomic mass is 32.2. The van der Waals surface area contributed by atoms with Gasteiger partial charge in [-0.2, -0.15) is 9.98 Å². The molecule has 2 N–H and O–H groups in total. The van der Waals surface area contributed by atoms with E-state index < -0.39 is 33.7 Å². The first kappa shape index (κ1) is 30.7. The minimum absolute atomic E-state index is 0.0635. The summed E-state index contributed by atoms with van der Waals surface area (Å²) >= 11 is 0. The molecule has 44 heavy (non-hydrogen) atoms. The molecule has 11 heteroatoms. The van der Waals surface area contributed by atoms with Gasteiger partial charge in [-0.25, -0.2) is 12.8 Å². The zero-order valence-corrected chi connectivity index (χ0v) is 24.8. The number of fused-ring (bicyclic) bond motifs is 1. The van der Waals surface area contributed by atoms with Crippen LogP contribution in [0.5, 0.6) is 5.75 Å². The van der Waals surface area contributed by atoms with Gasteiger partial charge in [-0.1, -0.05) is 36.4 Å². The van der Waals surface area contributed by atoms with E-state index in [0.717, 1.165) is 10.9 Å². The van der Waals surface area contributed by atoms with Crippen molar-refractivity contribution in [1.82, 2.24) is 14.9 Å². The monoisotopic (exact) mass is 614 g/mol. The van der Waals surface area contributed by atoms with Crippen molar-refractivity contribution in [2.75, 3.05) is 20.2 Å². The molecule has 226 valence electrons. The molecule has 4 aromatic rings. The Bertz CT molecular complexity index is 1860. The highest BCUT2D eigenvalue weighted by Gasteiger charge is 2.42. The van der Waals surface area contributed by atoms with Crippen LogP contribution in [-0.2, 0) is 32.6 Å². The molecule has 1 saturated heterocycles. The van der Waals surface area contributed by atoms with Crippen LogP contribution < -0.4 is 14.8 Å². The quantitative estimate of drug-likeness (QED) is 0.264. The number of carbonyl (C=O) groups is 2. The number of ether oxygens (including phenoxy) is 1. The molecule has 2 amide bonds. The van der Waals surface area contributed by atoms with Crippen molar-refractivity contribution in [1.29, 1.82) is 5.26 Å². The molecule has 1 unspecified atom stereocenters. The highest BCUT2D eigenvalue weighted by Crippen LogP contribution is 2.27. The molecular weight excluding hydrogens is 583 g/mol. The normalized spacial score (nSPS) is 15.6. The molecule has 0 saturated carbocycles. The van der Waals surface area contributed by atoms with Gasteiger partial charge in [-0.3, -0.25) is 9.59 Å². The maximum Gasteiger partial charge on any atom is 0.241 e. The number of likely N-dealkylation sites (tertiary alicyclic amines) is 1. The Labute approximate surface area is 255 Å². The van der Waals surface area contributed by atoms with E-state index >= 15 is 0 Å². The van der Waals surface area contributed by atoms with E-state index in [1.54, 1.807) is 59.5 Å². The van der Waals surface area contributed by atoms with Gasteiger partial charge in [0.15, 0.2) is 0 Å². The summed E-state index contributed by atoms with van der Waals surface area (Å²) in [6.45, 7) is 0.644. The number of amides is 2. The van der Waals surface area contributed by atoms with Crippen molar-refractivity contribution >= 4 is 32.6 Å². The van der Waals surface area contributed by atoms with Gasteiger partial charge in [0.05, 0.1) is 29.6 Å². The van der Waals surface area contributed by atoms with Crippen LogP contribution in [0, 0.1) is 23.1 Å². The Morgan fingerprint density at radius 2 is 1.82 bits per heavy atom. The lowest BCUT2D eigenvalue weighted by Gasteiger charge is -2.24. The van der Waals surface area contributed by atoms with E-state index in [2.05, 4.69) is 16.1 Å². The fourth-order valence-electron chi connectivity index (χ4n) is 5.37. The summed E-state index contributed by atoms with van der Waals surface area (Å²) < 4.78 is 48.7. The summed E-state index contributed by atoms with van der Waals surface area (Å²) in [5, 5.41) is 13.4. The second kappa shape index (κ2) is 13.2. The van der Waals surface area contributed by atoms with Crippen molar-refractivity contribution in [3.05, 3.63) is 107 Å². The summed E-state index contributed by atoms with van der Waals surface area (Å²) in [6.07, 6.45) is 0.561. The summed E-state index contributed by atoms with van der Waals surface area (Å²) in [7, 11) is -2.74. The molecule has 0 aliphatic carbocycles. The minimum Gasteiger partial charge on any atom is -0.497 e. The summed E-state index contributed by atoms with van der Waals surface area (Å²) in [4.78, 5) is 28.6. The van der Waals surface area contributed by atoms with Crippen LogP contribution in [0.4, 0.5) is 4.39 Å². The van der Waals surface area contributed by atoms with Gasteiger partial charge in [0, 0.05) is 19.6 Å². The number of hydrogen-bond donors (Lipinski definition) is 2.